The topological polar surface area (TPSA) is 55.6 Å². The zero-order chi connectivity index (χ0) is 13.3. The molecule has 116 valence electrons. The first-order valence-electron chi connectivity index (χ1n) is 7.90. The number of hydrogen-bond donors (Lipinski definition) is 1. The normalized spacial score (nSPS) is 32.4. The van der Waals surface area contributed by atoms with Gasteiger partial charge in [0, 0.05) is 13.1 Å². The van der Waals surface area contributed by atoms with Crippen LogP contribution in [0.3, 0.4) is 0 Å². The highest BCUT2D eigenvalue weighted by Gasteiger charge is 2.46. The second kappa shape index (κ2) is 6.63. The lowest BCUT2D eigenvalue weighted by Gasteiger charge is -2.46. The minimum Gasteiger partial charge on any atom is -0.374 e. The third kappa shape index (κ3) is 2.70. The van der Waals surface area contributed by atoms with Crippen LogP contribution >= 0.6 is 12.4 Å². The lowest BCUT2D eigenvalue weighted by atomic mass is 9.82. The summed E-state index contributed by atoms with van der Waals surface area (Å²) in [5.74, 6) is 0.327. The number of amides is 1. The zero-order valence-corrected chi connectivity index (χ0v) is 13.0. The molecule has 2 unspecified atom stereocenters. The molecule has 2 atom stereocenters. The minimum atomic E-state index is -0.251. The standard InChI is InChI=1S/C15H26N2O2.ClH/c16-11-15(7-3-4-8-15)14(18)17-9-10-19-13-6-2-1-5-12(13)17;/h12-13H,1-11,16H2;1H. The molecule has 0 aromatic carbocycles. The van der Waals surface area contributed by atoms with Crippen molar-refractivity contribution in [3.05, 3.63) is 0 Å². The van der Waals surface area contributed by atoms with Crippen molar-refractivity contribution in [1.29, 1.82) is 0 Å². The first kappa shape index (κ1) is 16.1. The van der Waals surface area contributed by atoms with Gasteiger partial charge in [0.25, 0.3) is 0 Å². The summed E-state index contributed by atoms with van der Waals surface area (Å²) in [6.07, 6.45) is 9.25. The summed E-state index contributed by atoms with van der Waals surface area (Å²) in [5, 5.41) is 0. The molecule has 4 nitrogen and oxygen atoms in total. The Bertz CT molecular complexity index is 343. The lowest BCUT2D eigenvalue weighted by molar-refractivity contribution is -0.159. The van der Waals surface area contributed by atoms with Crippen molar-refractivity contribution in [2.75, 3.05) is 19.7 Å². The molecule has 20 heavy (non-hydrogen) atoms. The van der Waals surface area contributed by atoms with Gasteiger partial charge in [-0.15, -0.1) is 12.4 Å². The Hall–Kier alpha value is -0.320. The van der Waals surface area contributed by atoms with Gasteiger partial charge in [0.2, 0.25) is 5.91 Å². The maximum atomic E-state index is 13.0. The van der Waals surface area contributed by atoms with Crippen LogP contribution in [0.15, 0.2) is 0 Å². The van der Waals surface area contributed by atoms with Crippen molar-refractivity contribution in [2.24, 2.45) is 11.1 Å². The van der Waals surface area contributed by atoms with Gasteiger partial charge in [-0.1, -0.05) is 25.7 Å². The molecule has 2 N–H and O–H groups in total. The van der Waals surface area contributed by atoms with E-state index in [0.717, 1.165) is 45.1 Å². The van der Waals surface area contributed by atoms with Crippen molar-refractivity contribution in [3.63, 3.8) is 0 Å². The summed E-state index contributed by atoms with van der Waals surface area (Å²) >= 11 is 0. The molecule has 3 aliphatic rings. The second-order valence-corrected chi connectivity index (χ2v) is 6.45. The van der Waals surface area contributed by atoms with Crippen LogP contribution in [-0.4, -0.2) is 42.6 Å². The van der Waals surface area contributed by atoms with Gasteiger partial charge in [0.05, 0.1) is 24.2 Å². The molecule has 1 saturated heterocycles. The molecule has 0 radical (unpaired) electrons. The van der Waals surface area contributed by atoms with Crippen LogP contribution in [0.1, 0.15) is 51.4 Å². The van der Waals surface area contributed by atoms with Gasteiger partial charge >= 0.3 is 0 Å². The molecule has 5 heteroatoms. The lowest BCUT2D eigenvalue weighted by Crippen LogP contribution is -2.59. The van der Waals surface area contributed by atoms with E-state index < -0.39 is 0 Å². The van der Waals surface area contributed by atoms with E-state index in [1.54, 1.807) is 0 Å². The average molecular weight is 303 g/mol. The Morgan fingerprint density at radius 2 is 1.90 bits per heavy atom. The van der Waals surface area contributed by atoms with E-state index >= 15 is 0 Å². The number of ether oxygens (including phenoxy) is 1. The van der Waals surface area contributed by atoms with Crippen LogP contribution in [0.25, 0.3) is 0 Å². The zero-order valence-electron chi connectivity index (χ0n) is 12.2. The number of halogens is 1. The second-order valence-electron chi connectivity index (χ2n) is 6.45. The number of hydrogen-bond acceptors (Lipinski definition) is 3. The maximum Gasteiger partial charge on any atom is 0.230 e. The summed E-state index contributed by atoms with van der Waals surface area (Å²) in [7, 11) is 0. The Morgan fingerprint density at radius 3 is 2.60 bits per heavy atom. The van der Waals surface area contributed by atoms with Gasteiger partial charge in [-0.25, -0.2) is 0 Å². The highest BCUT2D eigenvalue weighted by Crippen LogP contribution is 2.41. The molecule has 3 rings (SSSR count). The van der Waals surface area contributed by atoms with Crippen LogP contribution in [0.5, 0.6) is 0 Å². The number of nitrogens with two attached hydrogens (primary N) is 1. The predicted octanol–water partition coefficient (Wildman–Crippen LogP) is 2.10. The maximum absolute atomic E-state index is 13.0. The Kier molecular flexibility index (Phi) is 5.32. The molecule has 0 spiro atoms. The Morgan fingerprint density at radius 1 is 1.20 bits per heavy atom. The van der Waals surface area contributed by atoms with Crippen molar-refractivity contribution < 1.29 is 9.53 Å². The van der Waals surface area contributed by atoms with Crippen molar-refractivity contribution in [3.8, 4) is 0 Å². The summed E-state index contributed by atoms with van der Waals surface area (Å²) in [5.41, 5.74) is 5.72. The van der Waals surface area contributed by atoms with E-state index in [0.29, 0.717) is 25.1 Å². The fourth-order valence-corrected chi connectivity index (χ4v) is 4.21. The van der Waals surface area contributed by atoms with Gasteiger partial charge in [-0.3, -0.25) is 4.79 Å². The third-order valence-electron chi connectivity index (χ3n) is 5.40. The minimum absolute atomic E-state index is 0. The number of carbonyl (C=O) groups excluding carboxylic acids is 1. The van der Waals surface area contributed by atoms with Crippen molar-refractivity contribution in [2.45, 2.75) is 63.5 Å². The van der Waals surface area contributed by atoms with E-state index in [-0.39, 0.29) is 23.9 Å². The SMILES string of the molecule is Cl.NCC1(C(=O)N2CCOC3CCCCC32)CCCC1. The number of rotatable bonds is 2. The highest BCUT2D eigenvalue weighted by molar-refractivity contribution is 5.85. The highest BCUT2D eigenvalue weighted by atomic mass is 35.5. The average Bonchev–Trinajstić information content (AvgIpc) is 2.96. The van der Waals surface area contributed by atoms with Crippen molar-refractivity contribution >= 4 is 18.3 Å². The van der Waals surface area contributed by atoms with Gasteiger partial charge < -0.3 is 15.4 Å². The van der Waals surface area contributed by atoms with Crippen LogP contribution in [-0.2, 0) is 9.53 Å². The molecule has 0 bridgehead atoms. The van der Waals surface area contributed by atoms with Crippen LogP contribution in [0.2, 0.25) is 0 Å². The fraction of sp³-hybridized carbons (Fsp3) is 0.933. The largest absolute Gasteiger partial charge is 0.374 e. The molecule has 3 fully saturated rings. The monoisotopic (exact) mass is 302 g/mol. The number of fused-ring (bicyclic) bond motifs is 1. The first-order chi connectivity index (χ1) is 9.27. The summed E-state index contributed by atoms with van der Waals surface area (Å²) in [6.45, 7) is 1.98. The smallest absolute Gasteiger partial charge is 0.230 e. The Labute approximate surface area is 127 Å². The summed E-state index contributed by atoms with van der Waals surface area (Å²) in [6, 6.07) is 0.319. The van der Waals surface area contributed by atoms with Gasteiger partial charge in [0.15, 0.2) is 0 Å². The van der Waals surface area contributed by atoms with Gasteiger partial charge in [0.1, 0.15) is 0 Å². The number of carbonyl (C=O) groups is 1. The van der Waals surface area contributed by atoms with Crippen LogP contribution < -0.4 is 5.73 Å². The van der Waals surface area contributed by atoms with E-state index in [2.05, 4.69) is 4.90 Å². The fourth-order valence-electron chi connectivity index (χ4n) is 4.21. The van der Waals surface area contributed by atoms with E-state index in [1.165, 1.54) is 12.8 Å². The predicted molar refractivity (Wildman–Crippen MR) is 80.9 cm³/mol. The third-order valence-corrected chi connectivity index (χ3v) is 5.40. The number of morpholine rings is 1. The van der Waals surface area contributed by atoms with Crippen molar-refractivity contribution in [1.82, 2.24) is 4.90 Å². The van der Waals surface area contributed by atoms with E-state index in [9.17, 15) is 4.79 Å². The van der Waals surface area contributed by atoms with Gasteiger partial charge in [-0.2, -0.15) is 0 Å². The molecule has 1 aliphatic heterocycles. The van der Waals surface area contributed by atoms with Crippen LogP contribution in [0.4, 0.5) is 0 Å². The van der Waals surface area contributed by atoms with E-state index in [4.69, 9.17) is 10.5 Å². The number of nitrogens with zero attached hydrogens (tertiary/aromatic N) is 1. The molecule has 0 aromatic heterocycles. The molecule has 2 aliphatic carbocycles. The first-order valence-corrected chi connectivity index (χ1v) is 7.90. The van der Waals surface area contributed by atoms with Crippen LogP contribution in [0, 0.1) is 5.41 Å². The summed E-state index contributed by atoms with van der Waals surface area (Å²) < 4.78 is 5.87. The molecule has 0 aromatic rings. The van der Waals surface area contributed by atoms with Gasteiger partial charge in [-0.05, 0) is 25.7 Å². The molecule has 2 saturated carbocycles. The van der Waals surface area contributed by atoms with E-state index in [1.807, 2.05) is 0 Å². The Balaban J connectivity index is 0.00000147. The molecular weight excluding hydrogens is 276 g/mol. The molecule has 1 amide bonds. The quantitative estimate of drug-likeness (QED) is 0.850. The molecule has 1 heterocycles. The molecular formula is C15H27ClN2O2. The summed E-state index contributed by atoms with van der Waals surface area (Å²) in [4.78, 5) is 15.1.